The van der Waals surface area contributed by atoms with Gasteiger partial charge in [0.15, 0.2) is 0 Å². The highest BCUT2D eigenvalue weighted by Gasteiger charge is 2.16. The summed E-state index contributed by atoms with van der Waals surface area (Å²) in [6.45, 7) is 0. The number of benzene rings is 1. The minimum Gasteiger partial charge on any atom is -0.369 e. The van der Waals surface area contributed by atoms with Gasteiger partial charge >= 0.3 is 0 Å². The second-order valence-corrected chi connectivity index (χ2v) is 3.22. The predicted octanol–water partition coefficient (Wildman–Crippen LogP) is 0.762. The van der Waals surface area contributed by atoms with Gasteiger partial charge in [-0.1, -0.05) is 12.1 Å². The van der Waals surface area contributed by atoms with Crippen molar-refractivity contribution >= 4 is 11.6 Å². The van der Waals surface area contributed by atoms with Gasteiger partial charge in [0, 0.05) is 12.1 Å². The first-order valence-electron chi connectivity index (χ1n) is 4.47. The van der Waals surface area contributed by atoms with E-state index in [1.807, 2.05) is 0 Å². The van der Waals surface area contributed by atoms with E-state index < -0.39 is 16.7 Å². The highest BCUT2D eigenvalue weighted by atomic mass is 16.6. The highest BCUT2D eigenvalue weighted by Crippen LogP contribution is 2.15. The topological polar surface area (TPSA) is 110 Å². The minimum absolute atomic E-state index is 0.0707. The third-order valence-corrected chi connectivity index (χ3v) is 2.06. The number of amides is 1. The van der Waals surface area contributed by atoms with E-state index in [0.717, 1.165) is 0 Å². The number of nitrogens with two attached hydrogens (primary N) is 1. The molecule has 82 valence electrons. The number of hydrogen-bond donors (Lipinski definition) is 1. The van der Waals surface area contributed by atoms with Gasteiger partial charge in [-0.2, -0.15) is 5.26 Å². The third kappa shape index (κ3) is 2.78. The van der Waals surface area contributed by atoms with Crippen LogP contribution in [0.4, 0.5) is 5.69 Å². The first-order chi connectivity index (χ1) is 7.54. The molecule has 0 saturated carbocycles. The van der Waals surface area contributed by atoms with E-state index in [1.165, 1.54) is 18.2 Å². The summed E-state index contributed by atoms with van der Waals surface area (Å²) in [6.07, 6.45) is 0.0908. The fourth-order valence-electron chi connectivity index (χ4n) is 1.24. The van der Waals surface area contributed by atoms with Crippen LogP contribution in [0.15, 0.2) is 24.3 Å². The molecule has 1 atom stereocenters. The highest BCUT2D eigenvalue weighted by molar-refractivity contribution is 5.79. The van der Waals surface area contributed by atoms with Crippen LogP contribution in [-0.4, -0.2) is 10.8 Å². The first-order valence-corrected chi connectivity index (χ1v) is 4.47. The SMILES string of the molecule is N#C[C@H](Cc1cccc([N+](=O)[O-])c1)C(N)=O. The molecule has 6 heteroatoms. The number of carbonyl (C=O) groups is 1. The Morgan fingerprint density at radius 1 is 1.62 bits per heavy atom. The van der Waals surface area contributed by atoms with Gasteiger partial charge in [-0.05, 0) is 12.0 Å². The largest absolute Gasteiger partial charge is 0.369 e. The maximum Gasteiger partial charge on any atom is 0.269 e. The summed E-state index contributed by atoms with van der Waals surface area (Å²) < 4.78 is 0. The van der Waals surface area contributed by atoms with Crippen LogP contribution in [0.5, 0.6) is 0 Å². The number of rotatable bonds is 4. The first kappa shape index (κ1) is 11.7. The van der Waals surface area contributed by atoms with Crippen LogP contribution >= 0.6 is 0 Å². The quantitative estimate of drug-likeness (QED) is 0.595. The predicted molar refractivity (Wildman–Crippen MR) is 55.1 cm³/mol. The van der Waals surface area contributed by atoms with Gasteiger partial charge in [-0.15, -0.1) is 0 Å². The number of nitriles is 1. The summed E-state index contributed by atoms with van der Waals surface area (Å²) in [7, 11) is 0. The smallest absolute Gasteiger partial charge is 0.269 e. The van der Waals surface area contributed by atoms with Crippen LogP contribution in [0, 0.1) is 27.4 Å². The molecule has 0 aliphatic heterocycles. The lowest BCUT2D eigenvalue weighted by Crippen LogP contribution is -2.23. The van der Waals surface area contributed by atoms with Crippen LogP contribution in [0.2, 0.25) is 0 Å². The Morgan fingerprint density at radius 3 is 2.81 bits per heavy atom. The molecule has 0 aliphatic rings. The lowest BCUT2D eigenvalue weighted by Gasteiger charge is -2.04. The van der Waals surface area contributed by atoms with Crippen LogP contribution in [0.25, 0.3) is 0 Å². The summed E-state index contributed by atoms with van der Waals surface area (Å²) in [6, 6.07) is 7.54. The van der Waals surface area contributed by atoms with Gasteiger partial charge in [0.25, 0.3) is 5.69 Å². The number of hydrogen-bond acceptors (Lipinski definition) is 4. The van der Waals surface area contributed by atoms with Crippen molar-refractivity contribution in [2.24, 2.45) is 11.7 Å². The Kier molecular flexibility index (Phi) is 3.56. The van der Waals surface area contributed by atoms with Crippen LogP contribution in [0.1, 0.15) is 5.56 Å². The molecule has 0 saturated heterocycles. The molecule has 1 rings (SSSR count). The Hall–Kier alpha value is -2.42. The Labute approximate surface area is 91.4 Å². The maximum absolute atomic E-state index is 10.8. The van der Waals surface area contributed by atoms with Crippen molar-refractivity contribution in [3.8, 4) is 6.07 Å². The molecule has 1 aromatic rings. The van der Waals surface area contributed by atoms with Crippen molar-refractivity contribution in [2.45, 2.75) is 6.42 Å². The molecule has 2 N–H and O–H groups in total. The third-order valence-electron chi connectivity index (χ3n) is 2.06. The average Bonchev–Trinajstić information content (AvgIpc) is 2.25. The summed E-state index contributed by atoms with van der Waals surface area (Å²) in [5.74, 6) is -1.68. The number of primary amides is 1. The van der Waals surface area contributed by atoms with E-state index in [0.29, 0.717) is 5.56 Å². The van der Waals surface area contributed by atoms with Gasteiger partial charge in [0.2, 0.25) is 5.91 Å². The zero-order chi connectivity index (χ0) is 12.1. The molecule has 16 heavy (non-hydrogen) atoms. The van der Waals surface area contributed by atoms with Gasteiger partial charge in [0.05, 0.1) is 11.0 Å². The molecule has 1 aromatic carbocycles. The number of nitro benzene ring substituents is 1. The second kappa shape index (κ2) is 4.89. The molecule has 0 aliphatic carbocycles. The molecule has 0 spiro atoms. The number of nitrogens with zero attached hydrogens (tertiary/aromatic N) is 2. The molecule has 1 amide bonds. The Balaban J connectivity index is 2.90. The summed E-state index contributed by atoms with van der Waals surface area (Å²) in [4.78, 5) is 20.8. The van der Waals surface area contributed by atoms with E-state index in [4.69, 9.17) is 11.0 Å². The second-order valence-electron chi connectivity index (χ2n) is 3.22. The van der Waals surface area contributed by atoms with E-state index in [-0.39, 0.29) is 12.1 Å². The monoisotopic (exact) mass is 219 g/mol. The van der Waals surface area contributed by atoms with Gasteiger partial charge < -0.3 is 5.73 Å². The maximum atomic E-state index is 10.8. The lowest BCUT2D eigenvalue weighted by atomic mass is 10.00. The average molecular weight is 219 g/mol. The fraction of sp³-hybridized carbons (Fsp3) is 0.200. The normalized spacial score (nSPS) is 11.4. The standard InChI is InChI=1S/C10H9N3O3/c11-6-8(10(12)14)4-7-2-1-3-9(5-7)13(15)16/h1-3,5,8H,4H2,(H2,12,14)/t8-/m0/s1. The van der Waals surface area contributed by atoms with E-state index in [9.17, 15) is 14.9 Å². The molecule has 6 nitrogen and oxygen atoms in total. The van der Waals surface area contributed by atoms with Crippen molar-refractivity contribution in [2.75, 3.05) is 0 Å². The van der Waals surface area contributed by atoms with Crippen LogP contribution in [-0.2, 0) is 11.2 Å². The Bertz CT molecular complexity index is 465. The van der Waals surface area contributed by atoms with E-state index in [2.05, 4.69) is 0 Å². The van der Waals surface area contributed by atoms with E-state index >= 15 is 0 Å². The van der Waals surface area contributed by atoms with E-state index in [1.54, 1.807) is 12.1 Å². The van der Waals surface area contributed by atoms with Crippen molar-refractivity contribution < 1.29 is 9.72 Å². The lowest BCUT2D eigenvalue weighted by molar-refractivity contribution is -0.384. The molecule has 0 aromatic heterocycles. The fourth-order valence-corrected chi connectivity index (χ4v) is 1.24. The number of nitro groups is 1. The molecular weight excluding hydrogens is 210 g/mol. The number of carbonyl (C=O) groups excluding carboxylic acids is 1. The van der Waals surface area contributed by atoms with Crippen molar-refractivity contribution in [1.29, 1.82) is 5.26 Å². The zero-order valence-electron chi connectivity index (χ0n) is 8.29. The molecule has 0 bridgehead atoms. The molecular formula is C10H9N3O3. The van der Waals surface area contributed by atoms with Crippen molar-refractivity contribution in [3.05, 3.63) is 39.9 Å². The zero-order valence-corrected chi connectivity index (χ0v) is 8.29. The van der Waals surface area contributed by atoms with Crippen LogP contribution in [0.3, 0.4) is 0 Å². The van der Waals surface area contributed by atoms with Crippen molar-refractivity contribution in [1.82, 2.24) is 0 Å². The van der Waals surface area contributed by atoms with Crippen molar-refractivity contribution in [3.63, 3.8) is 0 Å². The Morgan fingerprint density at radius 2 is 2.31 bits per heavy atom. The molecule has 0 fully saturated rings. The van der Waals surface area contributed by atoms with Crippen LogP contribution < -0.4 is 5.73 Å². The summed E-state index contributed by atoms with van der Waals surface area (Å²) >= 11 is 0. The minimum atomic E-state index is -0.956. The van der Waals surface area contributed by atoms with Gasteiger partial charge in [-0.3, -0.25) is 14.9 Å². The number of non-ortho nitro benzene ring substituents is 1. The molecule has 0 unspecified atom stereocenters. The van der Waals surface area contributed by atoms with Gasteiger partial charge in [-0.25, -0.2) is 0 Å². The van der Waals surface area contributed by atoms with Gasteiger partial charge in [0.1, 0.15) is 5.92 Å². The summed E-state index contributed by atoms with van der Waals surface area (Å²) in [5.41, 5.74) is 5.47. The molecule has 0 radical (unpaired) electrons. The summed E-state index contributed by atoms with van der Waals surface area (Å²) in [5, 5.41) is 19.1. The molecule has 0 heterocycles.